The number of carbonyl (C=O) groups is 2. The molecule has 0 fully saturated rings. The second kappa shape index (κ2) is 6.67. The molecule has 120 valence electrons. The van der Waals surface area contributed by atoms with E-state index in [-0.39, 0.29) is 11.8 Å². The first-order chi connectivity index (χ1) is 11.1. The molecule has 0 spiro atoms. The fourth-order valence-electron chi connectivity index (χ4n) is 2.24. The van der Waals surface area contributed by atoms with E-state index in [4.69, 9.17) is 0 Å². The van der Waals surface area contributed by atoms with Crippen LogP contribution in [0.4, 0.5) is 5.13 Å². The van der Waals surface area contributed by atoms with Gasteiger partial charge in [0.15, 0.2) is 4.34 Å². The minimum absolute atomic E-state index is 0.217. The minimum atomic E-state index is -0.217. The Bertz CT molecular complexity index is 710. The molecule has 1 aromatic carbocycles. The van der Waals surface area contributed by atoms with Gasteiger partial charge in [-0.05, 0) is 26.0 Å². The number of anilines is 1. The van der Waals surface area contributed by atoms with Crippen molar-refractivity contribution in [2.24, 2.45) is 0 Å². The molecule has 1 aliphatic rings. The Labute approximate surface area is 142 Å². The molecule has 0 aliphatic carbocycles. The Morgan fingerprint density at radius 1 is 1.17 bits per heavy atom. The summed E-state index contributed by atoms with van der Waals surface area (Å²) in [7, 11) is 0. The predicted octanol–water partition coefficient (Wildman–Crippen LogP) is 2.75. The van der Waals surface area contributed by atoms with Crippen LogP contribution in [0.15, 0.2) is 28.6 Å². The van der Waals surface area contributed by atoms with Gasteiger partial charge in [0.05, 0.1) is 11.1 Å². The normalized spacial score (nSPS) is 13.8. The summed E-state index contributed by atoms with van der Waals surface area (Å²) in [5.74, 6) is 0.165. The average Bonchev–Trinajstić information content (AvgIpc) is 3.05. The van der Waals surface area contributed by atoms with Gasteiger partial charge in [0.25, 0.3) is 11.8 Å². The largest absolute Gasteiger partial charge is 0.358 e. The molecule has 6 nitrogen and oxygen atoms in total. The van der Waals surface area contributed by atoms with Crippen LogP contribution in [-0.4, -0.2) is 45.3 Å². The van der Waals surface area contributed by atoms with E-state index in [2.05, 4.69) is 15.5 Å². The summed E-state index contributed by atoms with van der Waals surface area (Å²) in [6, 6.07) is 7.23. The van der Waals surface area contributed by atoms with Gasteiger partial charge in [0.2, 0.25) is 5.13 Å². The lowest BCUT2D eigenvalue weighted by molar-refractivity contribution is 0.0664. The van der Waals surface area contributed by atoms with Crippen molar-refractivity contribution in [2.45, 2.75) is 24.2 Å². The molecule has 23 heavy (non-hydrogen) atoms. The van der Waals surface area contributed by atoms with Crippen LogP contribution in [-0.2, 0) is 0 Å². The number of hydrogen-bond donors (Lipinski definition) is 1. The van der Waals surface area contributed by atoms with Crippen molar-refractivity contribution in [3.63, 3.8) is 0 Å². The number of nitrogens with zero attached hydrogens (tertiary/aromatic N) is 3. The molecule has 0 radical (unpaired) electrons. The molecule has 1 aromatic heterocycles. The maximum Gasteiger partial charge on any atom is 0.261 e. The molecule has 2 amide bonds. The highest BCUT2D eigenvalue weighted by molar-refractivity contribution is 8.01. The lowest BCUT2D eigenvalue weighted by Crippen LogP contribution is -2.31. The summed E-state index contributed by atoms with van der Waals surface area (Å²) in [5, 5.41) is 12.1. The van der Waals surface area contributed by atoms with E-state index in [0.29, 0.717) is 29.5 Å². The van der Waals surface area contributed by atoms with Gasteiger partial charge in [-0.25, -0.2) is 0 Å². The van der Waals surface area contributed by atoms with Gasteiger partial charge >= 0.3 is 0 Å². The maximum absolute atomic E-state index is 12.2. The van der Waals surface area contributed by atoms with E-state index in [1.54, 1.807) is 24.3 Å². The highest BCUT2D eigenvalue weighted by atomic mass is 32.2. The summed E-state index contributed by atoms with van der Waals surface area (Å²) < 4.78 is 0.824. The van der Waals surface area contributed by atoms with Crippen LogP contribution >= 0.6 is 23.1 Å². The van der Waals surface area contributed by atoms with Gasteiger partial charge < -0.3 is 5.32 Å². The first-order valence-electron chi connectivity index (χ1n) is 7.24. The van der Waals surface area contributed by atoms with Crippen molar-refractivity contribution in [2.75, 3.05) is 17.6 Å². The van der Waals surface area contributed by atoms with Gasteiger partial charge in [-0.2, -0.15) is 0 Å². The smallest absolute Gasteiger partial charge is 0.261 e. The lowest BCUT2D eigenvalue weighted by atomic mass is 10.1. The summed E-state index contributed by atoms with van der Waals surface area (Å²) >= 11 is 2.97. The van der Waals surface area contributed by atoms with Crippen LogP contribution in [0.5, 0.6) is 0 Å². The topological polar surface area (TPSA) is 75.2 Å². The third kappa shape index (κ3) is 3.37. The zero-order valence-electron chi connectivity index (χ0n) is 12.8. The quantitative estimate of drug-likeness (QED) is 0.639. The van der Waals surface area contributed by atoms with E-state index in [1.807, 2.05) is 13.8 Å². The third-order valence-electron chi connectivity index (χ3n) is 3.24. The van der Waals surface area contributed by atoms with E-state index < -0.39 is 0 Å². The number of carbonyl (C=O) groups excluding carboxylic acids is 2. The summed E-state index contributed by atoms with van der Waals surface area (Å²) in [5.41, 5.74) is 0.976. The van der Waals surface area contributed by atoms with Gasteiger partial charge in [-0.15, -0.1) is 10.2 Å². The van der Waals surface area contributed by atoms with E-state index in [0.717, 1.165) is 9.47 Å². The second-order valence-corrected chi connectivity index (χ2v) is 7.65. The number of rotatable bonds is 6. The van der Waals surface area contributed by atoms with E-state index in [1.165, 1.54) is 28.0 Å². The van der Waals surface area contributed by atoms with Crippen molar-refractivity contribution in [1.82, 2.24) is 15.1 Å². The number of amides is 2. The number of benzene rings is 1. The SMILES string of the molecule is CC(C)Nc1nnc(SCCN2C(=O)c3ccccc3C2=O)s1. The van der Waals surface area contributed by atoms with Gasteiger partial charge in [0.1, 0.15) is 0 Å². The summed E-state index contributed by atoms with van der Waals surface area (Å²) in [4.78, 5) is 25.8. The van der Waals surface area contributed by atoms with Crippen LogP contribution in [0.1, 0.15) is 34.6 Å². The average molecular weight is 348 g/mol. The molecule has 1 N–H and O–H groups in total. The van der Waals surface area contributed by atoms with Gasteiger partial charge in [0, 0.05) is 18.3 Å². The molecule has 0 atom stereocenters. The monoisotopic (exact) mass is 348 g/mol. The molecule has 3 rings (SSSR count). The molecule has 0 saturated heterocycles. The maximum atomic E-state index is 12.2. The zero-order chi connectivity index (χ0) is 16.4. The Morgan fingerprint density at radius 2 is 1.83 bits per heavy atom. The van der Waals surface area contributed by atoms with Crippen molar-refractivity contribution in [1.29, 1.82) is 0 Å². The fourth-order valence-corrected chi connectivity index (χ4v) is 4.13. The van der Waals surface area contributed by atoms with Crippen LogP contribution in [0.25, 0.3) is 0 Å². The number of thioether (sulfide) groups is 1. The van der Waals surface area contributed by atoms with Crippen molar-refractivity contribution in [3.05, 3.63) is 35.4 Å². The molecule has 8 heteroatoms. The molecular weight excluding hydrogens is 332 g/mol. The Kier molecular flexibility index (Phi) is 4.63. The number of aromatic nitrogens is 2. The Morgan fingerprint density at radius 3 is 2.43 bits per heavy atom. The van der Waals surface area contributed by atoms with Gasteiger partial charge in [-0.1, -0.05) is 35.2 Å². The number of imide groups is 1. The lowest BCUT2D eigenvalue weighted by Gasteiger charge is -2.12. The zero-order valence-corrected chi connectivity index (χ0v) is 14.4. The molecule has 0 unspecified atom stereocenters. The van der Waals surface area contributed by atoms with Gasteiger partial charge in [-0.3, -0.25) is 14.5 Å². The molecular formula is C15H16N4O2S2. The number of nitrogens with one attached hydrogen (secondary N) is 1. The van der Waals surface area contributed by atoms with E-state index >= 15 is 0 Å². The molecule has 0 saturated carbocycles. The van der Waals surface area contributed by atoms with Crippen molar-refractivity contribution >= 4 is 40.0 Å². The Balaban J connectivity index is 1.57. The van der Waals surface area contributed by atoms with Crippen molar-refractivity contribution < 1.29 is 9.59 Å². The van der Waals surface area contributed by atoms with Crippen LogP contribution in [0, 0.1) is 0 Å². The highest BCUT2D eigenvalue weighted by Gasteiger charge is 2.34. The molecule has 0 bridgehead atoms. The van der Waals surface area contributed by atoms with Crippen LogP contribution in [0.3, 0.4) is 0 Å². The molecule has 2 aromatic rings. The number of hydrogen-bond acceptors (Lipinski definition) is 7. The molecule has 2 heterocycles. The molecule has 1 aliphatic heterocycles. The highest BCUT2D eigenvalue weighted by Crippen LogP contribution is 2.27. The fraction of sp³-hybridized carbons (Fsp3) is 0.333. The van der Waals surface area contributed by atoms with Crippen LogP contribution in [0.2, 0.25) is 0 Å². The Hall–Kier alpha value is -1.93. The van der Waals surface area contributed by atoms with Crippen LogP contribution < -0.4 is 5.32 Å². The summed E-state index contributed by atoms with van der Waals surface area (Å²) in [6.45, 7) is 4.44. The first kappa shape index (κ1) is 15.9. The minimum Gasteiger partial charge on any atom is -0.358 e. The van der Waals surface area contributed by atoms with Crippen molar-refractivity contribution in [3.8, 4) is 0 Å². The summed E-state index contributed by atoms with van der Waals surface area (Å²) in [6.07, 6.45) is 0. The van der Waals surface area contributed by atoms with E-state index in [9.17, 15) is 9.59 Å². The number of fused-ring (bicyclic) bond motifs is 1. The predicted molar refractivity (Wildman–Crippen MR) is 91.2 cm³/mol. The third-order valence-corrected chi connectivity index (χ3v) is 5.21. The standard InChI is InChI=1S/C15H16N4O2S2/c1-9(2)16-14-17-18-15(23-14)22-8-7-19-12(20)10-5-3-4-6-11(10)13(19)21/h3-6,9H,7-8H2,1-2H3,(H,16,17). The second-order valence-electron chi connectivity index (χ2n) is 5.33. The first-order valence-corrected chi connectivity index (χ1v) is 9.04.